The molecular formula is C21H25N7O4S. The van der Waals surface area contributed by atoms with Crippen LogP contribution in [-0.4, -0.2) is 55.3 Å². The number of hydrogen-bond donors (Lipinski definition) is 2. The zero-order chi connectivity index (χ0) is 23.8. The first-order valence-corrected chi connectivity index (χ1v) is 11.7. The van der Waals surface area contributed by atoms with Crippen LogP contribution in [0.3, 0.4) is 0 Å². The Balaban J connectivity index is 1.71. The summed E-state index contributed by atoms with van der Waals surface area (Å²) in [5.74, 6) is 0.0398. The first-order valence-electron chi connectivity index (χ1n) is 10.2. The predicted molar refractivity (Wildman–Crippen MR) is 122 cm³/mol. The molecule has 0 aliphatic heterocycles. The Labute approximate surface area is 191 Å². The van der Waals surface area contributed by atoms with E-state index < -0.39 is 15.6 Å². The molecule has 3 aromatic heterocycles. The van der Waals surface area contributed by atoms with E-state index in [2.05, 4.69) is 24.9 Å². The predicted octanol–water partition coefficient (Wildman–Crippen LogP) is 2.10. The summed E-state index contributed by atoms with van der Waals surface area (Å²) in [6.07, 6.45) is 4.74. The van der Waals surface area contributed by atoms with E-state index in [-0.39, 0.29) is 23.3 Å². The van der Waals surface area contributed by atoms with Crippen LogP contribution in [0.2, 0.25) is 0 Å². The van der Waals surface area contributed by atoms with Crippen LogP contribution in [0.5, 0.6) is 5.88 Å². The number of aryl methyl sites for hydroxylation is 2. The van der Waals surface area contributed by atoms with E-state index in [1.165, 1.54) is 17.1 Å². The molecule has 0 spiro atoms. The molecule has 4 rings (SSSR count). The highest BCUT2D eigenvalue weighted by Crippen LogP contribution is 2.27. The third kappa shape index (κ3) is 5.29. The van der Waals surface area contributed by atoms with Gasteiger partial charge in [0.2, 0.25) is 11.8 Å². The number of ether oxygens (including phenoxy) is 1. The van der Waals surface area contributed by atoms with Gasteiger partial charge in [-0.1, -0.05) is 12.1 Å². The van der Waals surface area contributed by atoms with Crippen LogP contribution in [0.15, 0.2) is 47.8 Å². The number of aliphatic hydroxyl groups is 1. The van der Waals surface area contributed by atoms with Crippen molar-refractivity contribution in [3.8, 4) is 17.1 Å². The molecule has 33 heavy (non-hydrogen) atoms. The number of aromatic nitrogens is 6. The van der Waals surface area contributed by atoms with Gasteiger partial charge in [0.25, 0.3) is 10.0 Å². The quantitative estimate of drug-likeness (QED) is 0.399. The maximum Gasteiger partial charge on any atom is 0.267 e. The molecule has 12 heteroatoms. The second-order valence-corrected chi connectivity index (χ2v) is 10.0. The number of hydrogen-bond acceptors (Lipinski definition) is 8. The average molecular weight is 472 g/mol. The molecule has 0 fully saturated rings. The topological polar surface area (TPSA) is 137 Å². The minimum Gasteiger partial charge on any atom is -0.477 e. The lowest BCUT2D eigenvalue weighted by molar-refractivity contribution is 0.0547. The van der Waals surface area contributed by atoms with Gasteiger partial charge < -0.3 is 9.84 Å². The second kappa shape index (κ2) is 8.45. The fraction of sp³-hybridized carbons (Fsp3) is 0.333. The summed E-state index contributed by atoms with van der Waals surface area (Å²) in [5, 5.41) is 19.1. The molecule has 0 atom stereocenters. The van der Waals surface area contributed by atoms with Gasteiger partial charge in [0.05, 0.1) is 35.8 Å². The third-order valence-electron chi connectivity index (χ3n) is 4.93. The number of nitrogens with zero attached hydrogens (tertiary/aromatic N) is 6. The van der Waals surface area contributed by atoms with E-state index in [1.807, 2.05) is 25.2 Å². The van der Waals surface area contributed by atoms with Gasteiger partial charge in [0, 0.05) is 43.7 Å². The normalized spacial score (nSPS) is 12.3. The highest BCUT2D eigenvalue weighted by Gasteiger charge is 2.20. The van der Waals surface area contributed by atoms with Gasteiger partial charge in [-0.25, -0.2) is 18.1 Å². The first-order chi connectivity index (χ1) is 15.5. The maximum atomic E-state index is 12.8. The molecule has 0 amide bonds. The molecule has 0 unspecified atom stereocenters. The number of benzene rings is 1. The molecule has 0 radical (unpaired) electrons. The van der Waals surface area contributed by atoms with Crippen LogP contribution < -0.4 is 9.46 Å². The Morgan fingerprint density at radius 1 is 1.12 bits per heavy atom. The summed E-state index contributed by atoms with van der Waals surface area (Å²) in [7, 11) is -0.490. The van der Waals surface area contributed by atoms with Crippen molar-refractivity contribution in [2.75, 3.05) is 11.3 Å². The first kappa shape index (κ1) is 22.7. The minimum atomic E-state index is -3.95. The number of rotatable bonds is 8. The van der Waals surface area contributed by atoms with E-state index in [9.17, 15) is 13.5 Å². The molecule has 0 aliphatic rings. The maximum absolute atomic E-state index is 12.8. The summed E-state index contributed by atoms with van der Waals surface area (Å²) in [6.45, 7) is 3.55. The fourth-order valence-corrected chi connectivity index (χ4v) is 4.04. The van der Waals surface area contributed by atoms with Crippen molar-refractivity contribution in [3.63, 3.8) is 0 Å². The van der Waals surface area contributed by atoms with E-state index in [1.54, 1.807) is 37.8 Å². The summed E-state index contributed by atoms with van der Waals surface area (Å²) >= 11 is 0. The zero-order valence-electron chi connectivity index (χ0n) is 18.7. The van der Waals surface area contributed by atoms with Crippen LogP contribution in [0.1, 0.15) is 20.3 Å². The highest BCUT2D eigenvalue weighted by atomic mass is 32.2. The van der Waals surface area contributed by atoms with Gasteiger partial charge in [0.15, 0.2) is 0 Å². The van der Waals surface area contributed by atoms with Gasteiger partial charge in [-0.05, 0) is 19.9 Å². The SMILES string of the molecule is Cn1cc(S(=O)(=O)Nc2nc(OCCC(C)(C)O)cc(-c3ccc4cnn(C)c4c3)n2)cn1. The Hall–Kier alpha value is -3.51. The molecule has 2 N–H and O–H groups in total. The van der Waals surface area contributed by atoms with Gasteiger partial charge >= 0.3 is 0 Å². The van der Waals surface area contributed by atoms with Crippen molar-refractivity contribution in [2.45, 2.75) is 30.8 Å². The summed E-state index contributed by atoms with van der Waals surface area (Å²) in [5.41, 5.74) is 1.19. The number of nitrogens with one attached hydrogen (secondary N) is 1. The number of anilines is 1. The smallest absolute Gasteiger partial charge is 0.267 e. The number of sulfonamides is 1. The van der Waals surface area contributed by atoms with Gasteiger partial charge in [0.1, 0.15) is 4.90 Å². The van der Waals surface area contributed by atoms with Crippen molar-refractivity contribution < 1.29 is 18.3 Å². The lowest BCUT2D eigenvalue weighted by Crippen LogP contribution is -2.22. The molecule has 3 heterocycles. The third-order valence-corrected chi connectivity index (χ3v) is 6.21. The number of fused-ring (bicyclic) bond motifs is 1. The molecule has 1 aromatic carbocycles. The van der Waals surface area contributed by atoms with Crippen LogP contribution in [0.25, 0.3) is 22.2 Å². The minimum absolute atomic E-state index is 0.0141. The van der Waals surface area contributed by atoms with Gasteiger partial charge in [-0.15, -0.1) is 0 Å². The highest BCUT2D eigenvalue weighted by molar-refractivity contribution is 7.92. The second-order valence-electron chi connectivity index (χ2n) is 8.32. The Kier molecular flexibility index (Phi) is 5.80. The lowest BCUT2D eigenvalue weighted by Gasteiger charge is -2.17. The van der Waals surface area contributed by atoms with E-state index >= 15 is 0 Å². The average Bonchev–Trinajstić information content (AvgIpc) is 3.33. The lowest BCUT2D eigenvalue weighted by atomic mass is 10.1. The Morgan fingerprint density at radius 2 is 1.91 bits per heavy atom. The zero-order valence-corrected chi connectivity index (χ0v) is 19.5. The largest absolute Gasteiger partial charge is 0.477 e. The summed E-state index contributed by atoms with van der Waals surface area (Å²) < 4.78 is 36.8. The van der Waals surface area contributed by atoms with E-state index in [0.717, 1.165) is 16.5 Å². The van der Waals surface area contributed by atoms with Crippen LogP contribution >= 0.6 is 0 Å². The van der Waals surface area contributed by atoms with Crippen molar-refractivity contribution in [1.82, 2.24) is 29.5 Å². The summed E-state index contributed by atoms with van der Waals surface area (Å²) in [4.78, 5) is 8.61. The standard InChI is InChI=1S/C21H25N7O4S/c1-21(2,29)7-8-32-19-10-17(14-5-6-15-11-23-28(4)18(15)9-14)24-20(25-19)26-33(30,31)16-12-22-27(3)13-16/h5-6,9-13,29H,7-8H2,1-4H3,(H,24,25,26). The molecule has 11 nitrogen and oxygen atoms in total. The van der Waals surface area contributed by atoms with Crippen molar-refractivity contribution in [3.05, 3.63) is 42.9 Å². The molecule has 174 valence electrons. The van der Waals surface area contributed by atoms with Crippen LogP contribution in [0, 0.1) is 0 Å². The molecule has 0 bridgehead atoms. The molecule has 0 saturated heterocycles. The van der Waals surface area contributed by atoms with Crippen molar-refractivity contribution >= 4 is 26.9 Å². The molecule has 0 saturated carbocycles. The monoisotopic (exact) mass is 471 g/mol. The van der Waals surface area contributed by atoms with Crippen molar-refractivity contribution in [2.24, 2.45) is 14.1 Å². The Morgan fingerprint density at radius 3 is 2.61 bits per heavy atom. The van der Waals surface area contributed by atoms with Crippen molar-refractivity contribution in [1.29, 1.82) is 0 Å². The Bertz CT molecular complexity index is 1400. The molecule has 0 aliphatic carbocycles. The summed E-state index contributed by atoms with van der Waals surface area (Å²) in [6, 6.07) is 7.31. The van der Waals surface area contributed by atoms with Gasteiger partial charge in [-0.3, -0.25) is 9.36 Å². The fourth-order valence-electron chi connectivity index (χ4n) is 3.12. The molecule has 4 aromatic rings. The van der Waals surface area contributed by atoms with Crippen LogP contribution in [-0.2, 0) is 24.1 Å². The van der Waals surface area contributed by atoms with E-state index in [0.29, 0.717) is 12.1 Å². The van der Waals surface area contributed by atoms with Gasteiger partial charge in [-0.2, -0.15) is 15.2 Å². The van der Waals surface area contributed by atoms with E-state index in [4.69, 9.17) is 4.74 Å². The van der Waals surface area contributed by atoms with Crippen LogP contribution in [0.4, 0.5) is 5.95 Å². The molecular weight excluding hydrogens is 446 g/mol.